The summed E-state index contributed by atoms with van der Waals surface area (Å²) in [5, 5.41) is 21.5. The summed E-state index contributed by atoms with van der Waals surface area (Å²) in [5.74, 6) is 0. The lowest BCUT2D eigenvalue weighted by Crippen LogP contribution is -2.45. The summed E-state index contributed by atoms with van der Waals surface area (Å²) in [6.07, 6.45) is 3.38. The molecule has 0 saturated carbocycles. The van der Waals surface area contributed by atoms with E-state index >= 15 is 0 Å². The Labute approximate surface area is 116 Å². The Balaban J connectivity index is 2.04. The maximum atomic E-state index is 10.9. The van der Waals surface area contributed by atoms with Crippen molar-refractivity contribution in [2.75, 3.05) is 0 Å². The number of rotatable bonds is 6. The van der Waals surface area contributed by atoms with Gasteiger partial charge in [0.05, 0.1) is 25.0 Å². The Morgan fingerprint density at radius 1 is 1.35 bits per heavy atom. The number of aliphatic hydroxyl groups is 1. The molecule has 106 valence electrons. The van der Waals surface area contributed by atoms with Crippen molar-refractivity contribution < 1.29 is 15.0 Å². The van der Waals surface area contributed by atoms with E-state index in [1.165, 1.54) is 0 Å². The molecule has 20 heavy (non-hydrogen) atoms. The van der Waals surface area contributed by atoms with Gasteiger partial charge in [-0.05, 0) is 12.0 Å². The number of carbonyl (C=O) groups is 1. The summed E-state index contributed by atoms with van der Waals surface area (Å²) in [6.45, 7) is 0.289. The van der Waals surface area contributed by atoms with Crippen molar-refractivity contribution in [2.24, 2.45) is 0 Å². The lowest BCUT2D eigenvalue weighted by molar-refractivity contribution is 0.104. The summed E-state index contributed by atoms with van der Waals surface area (Å²) >= 11 is 0. The van der Waals surface area contributed by atoms with Crippen molar-refractivity contribution >= 4 is 6.09 Å². The van der Waals surface area contributed by atoms with E-state index < -0.39 is 18.2 Å². The number of nitrogens with one attached hydrogen (secondary N) is 1. The van der Waals surface area contributed by atoms with Crippen molar-refractivity contribution in [3.63, 3.8) is 0 Å². The van der Waals surface area contributed by atoms with Gasteiger partial charge in [-0.25, -0.2) is 9.78 Å². The summed E-state index contributed by atoms with van der Waals surface area (Å²) < 4.78 is 1.71. The van der Waals surface area contributed by atoms with E-state index in [0.29, 0.717) is 6.42 Å². The minimum atomic E-state index is -1.14. The smallest absolute Gasteiger partial charge is 0.404 e. The third-order valence-corrected chi connectivity index (χ3v) is 3.03. The first-order valence-corrected chi connectivity index (χ1v) is 6.32. The molecule has 0 saturated heterocycles. The summed E-state index contributed by atoms with van der Waals surface area (Å²) in [6, 6.07) is 8.90. The first-order valence-electron chi connectivity index (χ1n) is 6.32. The number of amides is 1. The van der Waals surface area contributed by atoms with Crippen LogP contribution < -0.4 is 5.32 Å². The SMILES string of the molecule is O=C(O)N[C@H](Cc1ccccc1)[C@@H](O)Cn1ccnc1. The van der Waals surface area contributed by atoms with Gasteiger partial charge in [0.25, 0.3) is 0 Å². The van der Waals surface area contributed by atoms with Crippen LogP contribution >= 0.6 is 0 Å². The molecule has 6 nitrogen and oxygen atoms in total. The number of carboxylic acid groups (broad SMARTS) is 1. The monoisotopic (exact) mass is 275 g/mol. The van der Waals surface area contributed by atoms with E-state index in [1.807, 2.05) is 30.3 Å². The molecular weight excluding hydrogens is 258 g/mol. The molecule has 3 N–H and O–H groups in total. The highest BCUT2D eigenvalue weighted by atomic mass is 16.4. The van der Waals surface area contributed by atoms with Gasteiger partial charge >= 0.3 is 6.09 Å². The van der Waals surface area contributed by atoms with Gasteiger partial charge in [0, 0.05) is 12.4 Å². The Kier molecular flexibility index (Phi) is 4.73. The number of imidazole rings is 1. The maximum absolute atomic E-state index is 10.9. The Bertz CT molecular complexity index is 528. The Morgan fingerprint density at radius 2 is 2.10 bits per heavy atom. The van der Waals surface area contributed by atoms with Crippen LogP contribution in [0.15, 0.2) is 49.1 Å². The molecule has 6 heteroatoms. The number of aliphatic hydroxyl groups excluding tert-OH is 1. The molecule has 0 spiro atoms. The molecule has 2 aromatic rings. The van der Waals surface area contributed by atoms with E-state index in [9.17, 15) is 9.90 Å². The van der Waals surface area contributed by atoms with E-state index in [4.69, 9.17) is 5.11 Å². The lowest BCUT2D eigenvalue weighted by Gasteiger charge is -2.23. The first-order chi connectivity index (χ1) is 9.65. The zero-order valence-electron chi connectivity index (χ0n) is 10.9. The van der Waals surface area contributed by atoms with Gasteiger partial charge in [-0.3, -0.25) is 0 Å². The summed E-state index contributed by atoms with van der Waals surface area (Å²) in [5.41, 5.74) is 0.968. The molecule has 1 heterocycles. The summed E-state index contributed by atoms with van der Waals surface area (Å²) in [4.78, 5) is 14.8. The average Bonchev–Trinajstić information content (AvgIpc) is 2.91. The van der Waals surface area contributed by atoms with Gasteiger partial charge in [-0.2, -0.15) is 0 Å². The average molecular weight is 275 g/mol. The second kappa shape index (κ2) is 6.72. The van der Waals surface area contributed by atoms with Gasteiger partial charge in [0.2, 0.25) is 0 Å². The van der Waals surface area contributed by atoms with Gasteiger partial charge in [0.15, 0.2) is 0 Å². The summed E-state index contributed by atoms with van der Waals surface area (Å²) in [7, 11) is 0. The second-order valence-corrected chi connectivity index (χ2v) is 4.57. The number of hydrogen-bond acceptors (Lipinski definition) is 3. The van der Waals surface area contributed by atoms with Crippen molar-refractivity contribution in [3.05, 3.63) is 54.6 Å². The predicted octanol–water partition coefficient (Wildman–Crippen LogP) is 1.12. The fourth-order valence-corrected chi connectivity index (χ4v) is 2.05. The number of nitrogens with zero attached hydrogens (tertiary/aromatic N) is 2. The van der Waals surface area contributed by atoms with Gasteiger partial charge in [0.1, 0.15) is 0 Å². The number of benzene rings is 1. The van der Waals surface area contributed by atoms with Crippen LogP contribution in [0.4, 0.5) is 4.79 Å². The highest BCUT2D eigenvalue weighted by Crippen LogP contribution is 2.08. The van der Waals surface area contributed by atoms with Crippen LogP contribution in [0.3, 0.4) is 0 Å². The van der Waals surface area contributed by atoms with Crippen molar-refractivity contribution in [3.8, 4) is 0 Å². The van der Waals surface area contributed by atoms with E-state index in [0.717, 1.165) is 5.56 Å². The van der Waals surface area contributed by atoms with Gasteiger partial charge in [-0.1, -0.05) is 30.3 Å². The fourth-order valence-electron chi connectivity index (χ4n) is 2.05. The van der Waals surface area contributed by atoms with Crippen molar-refractivity contribution in [2.45, 2.75) is 25.1 Å². The second-order valence-electron chi connectivity index (χ2n) is 4.57. The van der Waals surface area contributed by atoms with E-state index in [1.54, 1.807) is 23.3 Å². The largest absolute Gasteiger partial charge is 0.465 e. The maximum Gasteiger partial charge on any atom is 0.404 e. The quantitative estimate of drug-likeness (QED) is 0.737. The van der Waals surface area contributed by atoms with Gasteiger partial charge in [-0.15, -0.1) is 0 Å². The van der Waals surface area contributed by atoms with Crippen LogP contribution in [0.25, 0.3) is 0 Å². The molecule has 0 fully saturated rings. The minimum absolute atomic E-state index is 0.289. The third-order valence-electron chi connectivity index (χ3n) is 3.03. The van der Waals surface area contributed by atoms with Gasteiger partial charge < -0.3 is 20.1 Å². The molecular formula is C14H17N3O3. The Morgan fingerprint density at radius 3 is 2.70 bits per heavy atom. The molecule has 1 aromatic heterocycles. The lowest BCUT2D eigenvalue weighted by atomic mass is 10.0. The molecule has 0 unspecified atom stereocenters. The van der Waals surface area contributed by atoms with Crippen molar-refractivity contribution in [1.82, 2.24) is 14.9 Å². The van der Waals surface area contributed by atoms with E-state index in [-0.39, 0.29) is 6.54 Å². The predicted molar refractivity (Wildman–Crippen MR) is 73.3 cm³/mol. The number of aromatic nitrogens is 2. The molecule has 0 radical (unpaired) electrons. The number of hydrogen-bond donors (Lipinski definition) is 3. The third kappa shape index (κ3) is 4.10. The molecule has 1 aromatic carbocycles. The van der Waals surface area contributed by atoms with Crippen molar-refractivity contribution in [1.29, 1.82) is 0 Å². The van der Waals surface area contributed by atoms with Crippen LogP contribution in [0.2, 0.25) is 0 Å². The zero-order chi connectivity index (χ0) is 14.4. The highest BCUT2D eigenvalue weighted by Gasteiger charge is 2.21. The van der Waals surface area contributed by atoms with Crippen LogP contribution in [0.1, 0.15) is 5.56 Å². The van der Waals surface area contributed by atoms with Crippen LogP contribution in [0, 0.1) is 0 Å². The molecule has 1 amide bonds. The van der Waals surface area contributed by atoms with Crippen LogP contribution in [-0.2, 0) is 13.0 Å². The molecule has 2 rings (SSSR count). The molecule has 0 aliphatic heterocycles. The van der Waals surface area contributed by atoms with Crippen LogP contribution in [-0.4, -0.2) is 38.0 Å². The molecule has 0 aliphatic carbocycles. The van der Waals surface area contributed by atoms with E-state index in [2.05, 4.69) is 10.3 Å². The first kappa shape index (κ1) is 14.1. The van der Waals surface area contributed by atoms with Crippen LogP contribution in [0.5, 0.6) is 0 Å². The molecule has 0 aliphatic rings. The topological polar surface area (TPSA) is 87.4 Å². The molecule has 2 atom stereocenters. The Hall–Kier alpha value is -2.34. The highest BCUT2D eigenvalue weighted by molar-refractivity contribution is 5.65. The fraction of sp³-hybridized carbons (Fsp3) is 0.286. The normalized spacial score (nSPS) is 13.7. The molecule has 0 bridgehead atoms. The zero-order valence-corrected chi connectivity index (χ0v) is 10.9. The standard InChI is InChI=1S/C14H17N3O3/c18-13(9-17-7-6-15-10-17)12(16-14(19)20)8-11-4-2-1-3-5-11/h1-7,10,12-13,16,18H,8-9H2,(H,19,20)/t12-,13+/m1/s1. The minimum Gasteiger partial charge on any atom is -0.465 e.